The third-order valence-corrected chi connectivity index (χ3v) is 3.40. The van der Waals surface area contributed by atoms with Crippen molar-refractivity contribution in [2.24, 2.45) is 5.92 Å². The zero-order valence-corrected chi connectivity index (χ0v) is 13.2. The van der Waals surface area contributed by atoms with Crippen LogP contribution in [0.4, 0.5) is 0 Å². The van der Waals surface area contributed by atoms with Crippen molar-refractivity contribution < 1.29 is 4.79 Å². The van der Waals surface area contributed by atoms with Crippen LogP contribution in [0.3, 0.4) is 0 Å². The normalized spacial score (nSPS) is 10.9. The third-order valence-electron chi connectivity index (χ3n) is 3.40. The predicted molar refractivity (Wildman–Crippen MR) is 84.9 cm³/mol. The summed E-state index contributed by atoms with van der Waals surface area (Å²) in [6.45, 7) is 8.94. The molecule has 0 saturated heterocycles. The van der Waals surface area contributed by atoms with E-state index in [0.717, 1.165) is 17.8 Å². The highest BCUT2D eigenvalue weighted by Crippen LogP contribution is 2.16. The standard InChI is InChI=1S/C17H23N3O/c1-5-16-15(17(21)18-10-12(2)3)11-19-20(16)14-8-6-13(4)7-9-14/h6-9,11-12H,5,10H2,1-4H3,(H,18,21). The maximum atomic E-state index is 12.3. The lowest BCUT2D eigenvalue weighted by molar-refractivity contribution is 0.0948. The molecule has 0 spiro atoms. The number of aromatic nitrogens is 2. The van der Waals surface area contributed by atoms with E-state index in [-0.39, 0.29) is 5.91 Å². The maximum Gasteiger partial charge on any atom is 0.254 e. The Balaban J connectivity index is 2.29. The molecule has 2 rings (SSSR count). The monoisotopic (exact) mass is 285 g/mol. The predicted octanol–water partition coefficient (Wildman–Crippen LogP) is 3.13. The van der Waals surface area contributed by atoms with Crippen LogP contribution in [-0.2, 0) is 6.42 Å². The van der Waals surface area contributed by atoms with E-state index in [0.29, 0.717) is 18.0 Å². The summed E-state index contributed by atoms with van der Waals surface area (Å²) in [5.74, 6) is 0.394. The minimum atomic E-state index is -0.0427. The molecule has 0 radical (unpaired) electrons. The van der Waals surface area contributed by atoms with Gasteiger partial charge in [0.1, 0.15) is 0 Å². The van der Waals surface area contributed by atoms with Crippen LogP contribution in [-0.4, -0.2) is 22.2 Å². The zero-order valence-electron chi connectivity index (χ0n) is 13.2. The van der Waals surface area contributed by atoms with Crippen LogP contribution in [0, 0.1) is 12.8 Å². The summed E-state index contributed by atoms with van der Waals surface area (Å²) in [6, 6.07) is 8.15. The highest BCUT2D eigenvalue weighted by Gasteiger charge is 2.17. The summed E-state index contributed by atoms with van der Waals surface area (Å²) < 4.78 is 1.85. The molecule has 0 aliphatic heterocycles. The molecule has 0 saturated carbocycles. The van der Waals surface area contributed by atoms with Crippen LogP contribution in [0.15, 0.2) is 30.5 Å². The lowest BCUT2D eigenvalue weighted by Crippen LogP contribution is -2.28. The Morgan fingerprint density at radius 1 is 1.29 bits per heavy atom. The van der Waals surface area contributed by atoms with Crippen molar-refractivity contribution in [3.63, 3.8) is 0 Å². The maximum absolute atomic E-state index is 12.3. The molecule has 0 aliphatic rings. The fourth-order valence-corrected chi connectivity index (χ4v) is 2.20. The molecule has 1 aromatic heterocycles. The van der Waals surface area contributed by atoms with Gasteiger partial charge in [-0.2, -0.15) is 5.10 Å². The van der Waals surface area contributed by atoms with Crippen LogP contribution in [0.1, 0.15) is 42.4 Å². The van der Waals surface area contributed by atoms with E-state index in [1.807, 2.05) is 23.7 Å². The van der Waals surface area contributed by atoms with E-state index in [1.54, 1.807) is 6.20 Å². The molecule has 1 heterocycles. The second-order valence-corrected chi connectivity index (χ2v) is 5.71. The number of carbonyl (C=O) groups excluding carboxylic acids is 1. The zero-order chi connectivity index (χ0) is 15.4. The number of carbonyl (C=O) groups is 1. The van der Waals surface area contributed by atoms with Crippen LogP contribution in [0.2, 0.25) is 0 Å². The summed E-state index contributed by atoms with van der Waals surface area (Å²) in [4.78, 5) is 12.3. The van der Waals surface area contributed by atoms with E-state index in [2.05, 4.69) is 43.3 Å². The molecule has 112 valence electrons. The number of hydrogen-bond donors (Lipinski definition) is 1. The van der Waals surface area contributed by atoms with Crippen molar-refractivity contribution in [3.05, 3.63) is 47.3 Å². The van der Waals surface area contributed by atoms with Crippen LogP contribution in [0.25, 0.3) is 5.69 Å². The van der Waals surface area contributed by atoms with Gasteiger partial charge in [0.15, 0.2) is 0 Å². The molecule has 0 aliphatic carbocycles. The van der Waals surface area contributed by atoms with Gasteiger partial charge in [0.25, 0.3) is 5.91 Å². The van der Waals surface area contributed by atoms with E-state index in [4.69, 9.17) is 0 Å². The van der Waals surface area contributed by atoms with Crippen molar-refractivity contribution in [2.45, 2.75) is 34.1 Å². The molecule has 2 aromatic rings. The van der Waals surface area contributed by atoms with E-state index in [1.165, 1.54) is 5.56 Å². The van der Waals surface area contributed by atoms with Crippen molar-refractivity contribution in [3.8, 4) is 5.69 Å². The van der Waals surface area contributed by atoms with Crippen LogP contribution < -0.4 is 5.32 Å². The first kappa shape index (κ1) is 15.3. The largest absolute Gasteiger partial charge is 0.352 e. The minimum absolute atomic E-state index is 0.0427. The highest BCUT2D eigenvalue weighted by molar-refractivity contribution is 5.95. The number of benzene rings is 1. The molecular formula is C17H23N3O. The Morgan fingerprint density at radius 2 is 1.95 bits per heavy atom. The van der Waals surface area contributed by atoms with Gasteiger partial charge in [0.2, 0.25) is 0 Å². The van der Waals surface area contributed by atoms with Crippen LogP contribution in [0.5, 0.6) is 0 Å². The smallest absolute Gasteiger partial charge is 0.254 e. The SMILES string of the molecule is CCc1c(C(=O)NCC(C)C)cnn1-c1ccc(C)cc1. The molecule has 4 heteroatoms. The minimum Gasteiger partial charge on any atom is -0.352 e. The van der Waals surface area contributed by atoms with Crippen molar-refractivity contribution in [2.75, 3.05) is 6.54 Å². The highest BCUT2D eigenvalue weighted by atomic mass is 16.1. The van der Waals surface area contributed by atoms with Gasteiger partial charge in [0, 0.05) is 6.54 Å². The number of rotatable bonds is 5. The lowest BCUT2D eigenvalue weighted by Gasteiger charge is -2.10. The van der Waals surface area contributed by atoms with Crippen molar-refractivity contribution in [1.29, 1.82) is 0 Å². The summed E-state index contributed by atoms with van der Waals surface area (Å²) in [5, 5.41) is 7.35. The van der Waals surface area contributed by atoms with Gasteiger partial charge in [-0.1, -0.05) is 38.5 Å². The summed E-state index contributed by atoms with van der Waals surface area (Å²) in [7, 11) is 0. The first-order valence-corrected chi connectivity index (χ1v) is 7.45. The first-order valence-electron chi connectivity index (χ1n) is 7.45. The van der Waals surface area contributed by atoms with Gasteiger partial charge in [-0.25, -0.2) is 4.68 Å². The third kappa shape index (κ3) is 3.51. The second-order valence-electron chi connectivity index (χ2n) is 5.71. The van der Waals surface area contributed by atoms with Crippen molar-refractivity contribution >= 4 is 5.91 Å². The average molecular weight is 285 g/mol. The fraction of sp³-hybridized carbons (Fsp3) is 0.412. The van der Waals surface area contributed by atoms with E-state index < -0.39 is 0 Å². The Bertz CT molecular complexity index is 611. The molecule has 4 nitrogen and oxygen atoms in total. The molecule has 0 atom stereocenters. The molecule has 21 heavy (non-hydrogen) atoms. The number of nitrogens with one attached hydrogen (secondary N) is 1. The number of amides is 1. The first-order chi connectivity index (χ1) is 10.0. The van der Waals surface area contributed by atoms with Crippen LogP contribution >= 0.6 is 0 Å². The van der Waals surface area contributed by atoms with Gasteiger partial charge < -0.3 is 5.32 Å². The van der Waals surface area contributed by atoms with Gasteiger partial charge >= 0.3 is 0 Å². The molecule has 0 bridgehead atoms. The molecular weight excluding hydrogens is 262 g/mol. The Morgan fingerprint density at radius 3 is 2.52 bits per heavy atom. The number of aryl methyl sites for hydroxylation is 1. The summed E-state index contributed by atoms with van der Waals surface area (Å²) >= 11 is 0. The van der Waals surface area contributed by atoms with Gasteiger partial charge in [-0.05, 0) is 31.4 Å². The van der Waals surface area contributed by atoms with Gasteiger partial charge in [-0.3, -0.25) is 4.79 Å². The Labute approximate surface area is 126 Å². The summed E-state index contributed by atoms with van der Waals surface area (Å²) in [5.41, 5.74) is 3.80. The molecule has 1 amide bonds. The summed E-state index contributed by atoms with van der Waals surface area (Å²) in [6.07, 6.45) is 2.42. The lowest BCUT2D eigenvalue weighted by atomic mass is 10.1. The molecule has 0 unspecified atom stereocenters. The Hall–Kier alpha value is -2.10. The fourth-order valence-electron chi connectivity index (χ4n) is 2.20. The van der Waals surface area contributed by atoms with Gasteiger partial charge in [-0.15, -0.1) is 0 Å². The Kier molecular flexibility index (Phi) is 4.78. The molecule has 0 fully saturated rings. The van der Waals surface area contributed by atoms with Gasteiger partial charge in [0.05, 0.1) is 23.1 Å². The topological polar surface area (TPSA) is 46.9 Å². The quantitative estimate of drug-likeness (QED) is 0.917. The molecule has 1 aromatic carbocycles. The average Bonchev–Trinajstić information content (AvgIpc) is 2.89. The second kappa shape index (κ2) is 6.57. The number of nitrogens with zero attached hydrogens (tertiary/aromatic N) is 2. The number of hydrogen-bond acceptors (Lipinski definition) is 2. The van der Waals surface area contributed by atoms with E-state index >= 15 is 0 Å². The van der Waals surface area contributed by atoms with Crippen molar-refractivity contribution in [1.82, 2.24) is 15.1 Å². The molecule has 1 N–H and O–H groups in total. The van der Waals surface area contributed by atoms with E-state index in [9.17, 15) is 4.79 Å².